The molecule has 1 aromatic rings. The summed E-state index contributed by atoms with van der Waals surface area (Å²) in [6.07, 6.45) is 0. The van der Waals surface area contributed by atoms with E-state index >= 15 is 0 Å². The molecule has 0 heterocycles. The van der Waals surface area contributed by atoms with Crippen LogP contribution in [0.3, 0.4) is 0 Å². The van der Waals surface area contributed by atoms with Crippen LogP contribution in [0.25, 0.3) is 0 Å². The highest BCUT2D eigenvalue weighted by Gasteiger charge is 2.36. The van der Waals surface area contributed by atoms with E-state index in [2.05, 4.69) is 5.32 Å². The summed E-state index contributed by atoms with van der Waals surface area (Å²) >= 11 is 0. The second-order valence-electron chi connectivity index (χ2n) is 3.84. The molecule has 2 N–H and O–H groups in total. The van der Waals surface area contributed by atoms with Gasteiger partial charge >= 0.3 is 11.5 Å². The van der Waals surface area contributed by atoms with Crippen LogP contribution in [0.1, 0.15) is 0 Å². The summed E-state index contributed by atoms with van der Waals surface area (Å²) in [4.78, 5) is 11.4. The topological polar surface area (TPSA) is 67.4 Å². The van der Waals surface area contributed by atoms with Crippen LogP contribution in [0.5, 0.6) is 5.75 Å². The molecule has 0 aliphatic heterocycles. The first-order valence-electron chi connectivity index (χ1n) is 5.68. The average Bonchev–Trinajstić information content (AvgIpc) is 2.41. The molecule has 0 bridgehead atoms. The minimum Gasteiger partial charge on any atom is -0.494 e. The molecule has 11 heteroatoms. The van der Waals surface area contributed by atoms with Crippen molar-refractivity contribution in [3.63, 3.8) is 0 Å². The van der Waals surface area contributed by atoms with E-state index in [1.807, 2.05) is 5.32 Å². The molecule has 0 saturated heterocycles. The van der Waals surface area contributed by atoms with Crippen LogP contribution >= 0.6 is 0 Å². The smallest absolute Gasteiger partial charge is 0.471 e. The summed E-state index contributed by atoms with van der Waals surface area (Å²) in [5, 5.41) is 4.08. The van der Waals surface area contributed by atoms with Crippen LogP contribution in [0.15, 0.2) is 12.1 Å². The van der Waals surface area contributed by atoms with Crippen molar-refractivity contribution in [1.82, 2.24) is 5.32 Å². The molecule has 1 unspecified atom stereocenters. The molecule has 0 aliphatic carbocycles. The average molecular weight is 346 g/mol. The Balaban J connectivity index is 2.59. The largest absolute Gasteiger partial charge is 0.494 e. The van der Waals surface area contributed by atoms with Crippen molar-refractivity contribution < 1.29 is 35.7 Å². The number of benzene rings is 1. The van der Waals surface area contributed by atoms with Crippen molar-refractivity contribution in [2.75, 3.05) is 24.7 Å². The Morgan fingerprint density at radius 1 is 1.27 bits per heavy atom. The van der Waals surface area contributed by atoms with Gasteiger partial charge in [0.05, 0.1) is 12.8 Å². The van der Waals surface area contributed by atoms with Gasteiger partial charge in [0.2, 0.25) is 0 Å². The number of halogens is 5. The molecular formula is C11H11F5N2O3S. The number of anilines is 1. The van der Waals surface area contributed by atoms with Gasteiger partial charge in [-0.15, -0.1) is 0 Å². The quantitative estimate of drug-likeness (QED) is 0.805. The second kappa shape index (κ2) is 7.38. The molecule has 1 atom stereocenters. The number of amides is 2. The molecule has 0 spiro atoms. The number of rotatable bonds is 5. The molecule has 0 aromatic heterocycles. The van der Waals surface area contributed by atoms with E-state index in [-0.39, 0.29) is 11.4 Å². The van der Waals surface area contributed by atoms with Crippen molar-refractivity contribution >= 4 is 22.5 Å². The third kappa shape index (κ3) is 5.13. The van der Waals surface area contributed by atoms with Crippen molar-refractivity contribution in [2.24, 2.45) is 0 Å². The summed E-state index contributed by atoms with van der Waals surface area (Å²) in [7, 11) is -1.93. The number of ether oxygens (including phenoxy) is 1. The highest BCUT2D eigenvalue weighted by molar-refractivity contribution is 7.85. The number of carbonyl (C=O) groups is 1. The first kappa shape index (κ1) is 18.1. The normalized spacial score (nSPS) is 12.6. The Bertz CT molecular complexity index is 580. The van der Waals surface area contributed by atoms with Crippen molar-refractivity contribution in [3.05, 3.63) is 23.8 Å². The summed E-state index contributed by atoms with van der Waals surface area (Å²) in [5.41, 5.74) is -5.07. The first-order chi connectivity index (χ1) is 10.1. The number of nitrogens with one attached hydrogen (secondary N) is 2. The molecule has 22 heavy (non-hydrogen) atoms. The molecule has 0 aliphatic rings. The van der Waals surface area contributed by atoms with Crippen LogP contribution in [0, 0.1) is 11.6 Å². The second-order valence-corrected chi connectivity index (χ2v) is 5.41. The lowest BCUT2D eigenvalue weighted by atomic mass is 10.2. The van der Waals surface area contributed by atoms with E-state index in [1.165, 1.54) is 0 Å². The van der Waals surface area contributed by atoms with Gasteiger partial charge in [0.1, 0.15) is 16.5 Å². The van der Waals surface area contributed by atoms with Gasteiger partial charge in [-0.3, -0.25) is 4.21 Å². The Labute approximate surface area is 124 Å². The summed E-state index contributed by atoms with van der Waals surface area (Å²) in [5.74, 6) is -3.43. The fourth-order valence-corrected chi connectivity index (χ4v) is 1.85. The molecule has 0 saturated carbocycles. The minimum absolute atomic E-state index is 0.173. The highest BCUT2D eigenvalue weighted by atomic mass is 32.2. The van der Waals surface area contributed by atoms with E-state index in [9.17, 15) is 31.0 Å². The van der Waals surface area contributed by atoms with Crippen LogP contribution < -0.4 is 15.4 Å². The molecule has 5 nitrogen and oxygen atoms in total. The van der Waals surface area contributed by atoms with E-state index in [0.717, 1.165) is 7.11 Å². The molecule has 0 radical (unpaired) electrons. The van der Waals surface area contributed by atoms with Gasteiger partial charge in [-0.2, -0.15) is 13.2 Å². The number of alkyl halides is 3. The molecule has 0 fully saturated rings. The fourth-order valence-electron chi connectivity index (χ4n) is 1.33. The molecule has 1 aromatic carbocycles. The number of hydrogen-bond acceptors (Lipinski definition) is 3. The van der Waals surface area contributed by atoms with Gasteiger partial charge in [0, 0.05) is 24.4 Å². The lowest BCUT2D eigenvalue weighted by Gasteiger charge is -2.12. The summed E-state index contributed by atoms with van der Waals surface area (Å²) in [6.45, 7) is -0.524. The number of methoxy groups -OCH3 is 1. The maximum Gasteiger partial charge on any atom is 0.471 e. The number of hydrogen-bond donors (Lipinski definition) is 2. The highest BCUT2D eigenvalue weighted by Crippen LogP contribution is 2.27. The zero-order chi connectivity index (χ0) is 16.9. The molecule has 1 rings (SSSR count). The van der Waals surface area contributed by atoms with E-state index in [1.54, 1.807) is 0 Å². The Morgan fingerprint density at radius 3 is 2.41 bits per heavy atom. The third-order valence-corrected chi connectivity index (χ3v) is 3.41. The zero-order valence-corrected chi connectivity index (χ0v) is 11.9. The standard InChI is InChI=1S/C11H11F5N2O3S/c1-21-9-5-7(13)6(12)4-8(9)18-10(19)17-2-3-22(20)11(14,15)16/h4-5H,2-3H2,1H3,(H2,17,18,19). The maximum absolute atomic E-state index is 13.1. The van der Waals surface area contributed by atoms with Gasteiger partial charge in [-0.05, 0) is 0 Å². The number of urea groups is 1. The fraction of sp³-hybridized carbons (Fsp3) is 0.364. The van der Waals surface area contributed by atoms with E-state index < -0.39 is 46.3 Å². The molecule has 124 valence electrons. The van der Waals surface area contributed by atoms with Gasteiger partial charge in [0.15, 0.2) is 11.6 Å². The lowest BCUT2D eigenvalue weighted by molar-refractivity contribution is -0.0384. The van der Waals surface area contributed by atoms with Crippen molar-refractivity contribution in [1.29, 1.82) is 0 Å². The van der Waals surface area contributed by atoms with Gasteiger partial charge in [0.25, 0.3) is 0 Å². The summed E-state index contributed by atoms with van der Waals surface area (Å²) < 4.78 is 77.4. The van der Waals surface area contributed by atoms with Crippen LogP contribution in [-0.2, 0) is 10.8 Å². The Kier molecular flexibility index (Phi) is 6.09. The Hall–Kier alpha value is -1.91. The van der Waals surface area contributed by atoms with Gasteiger partial charge in [-0.25, -0.2) is 13.6 Å². The lowest BCUT2D eigenvalue weighted by Crippen LogP contribution is -2.34. The minimum atomic E-state index is -4.86. The third-order valence-electron chi connectivity index (χ3n) is 2.32. The maximum atomic E-state index is 13.1. The van der Waals surface area contributed by atoms with Crippen molar-refractivity contribution in [2.45, 2.75) is 5.51 Å². The van der Waals surface area contributed by atoms with E-state index in [4.69, 9.17) is 4.74 Å². The zero-order valence-electron chi connectivity index (χ0n) is 11.1. The SMILES string of the molecule is COc1cc(F)c(F)cc1NC(=O)NCCS(=O)C(F)(F)F. The van der Waals surface area contributed by atoms with Crippen molar-refractivity contribution in [3.8, 4) is 5.75 Å². The molecule has 2 amide bonds. The summed E-state index contributed by atoms with van der Waals surface area (Å²) in [6, 6.07) is 0.370. The van der Waals surface area contributed by atoms with Gasteiger partial charge in [-0.1, -0.05) is 0 Å². The van der Waals surface area contributed by atoms with Gasteiger partial charge < -0.3 is 15.4 Å². The van der Waals surface area contributed by atoms with Crippen LogP contribution in [-0.4, -0.2) is 35.2 Å². The van der Waals surface area contributed by atoms with Crippen LogP contribution in [0.4, 0.5) is 32.4 Å². The van der Waals surface area contributed by atoms with Crippen LogP contribution in [0.2, 0.25) is 0 Å². The predicted molar refractivity (Wildman–Crippen MR) is 69.0 cm³/mol. The first-order valence-corrected chi connectivity index (χ1v) is 7.00. The Morgan fingerprint density at radius 2 is 1.86 bits per heavy atom. The number of carbonyl (C=O) groups excluding carboxylic acids is 1. The molecular weight excluding hydrogens is 335 g/mol. The predicted octanol–water partition coefficient (Wildman–Crippen LogP) is 2.36. The van der Waals surface area contributed by atoms with E-state index in [0.29, 0.717) is 12.1 Å². The monoisotopic (exact) mass is 346 g/mol.